The number of carbonyl (C=O) groups is 2. The zero-order chi connectivity index (χ0) is 26.7. The van der Waals surface area contributed by atoms with E-state index in [2.05, 4.69) is 44.7 Å². The summed E-state index contributed by atoms with van der Waals surface area (Å²) in [6.45, 7) is 5.41. The van der Waals surface area contributed by atoms with Gasteiger partial charge in [0.05, 0.1) is 18.2 Å². The number of ether oxygens (including phenoxy) is 2. The Morgan fingerprint density at radius 2 is 1.58 bits per heavy atom. The molecule has 1 aliphatic heterocycles. The summed E-state index contributed by atoms with van der Waals surface area (Å²) in [5, 5.41) is 5.92. The number of methoxy groups -OCH3 is 2. The minimum absolute atomic E-state index is 0.170. The fraction of sp³-hybridized carbons (Fsp3) is 0.333. The smallest absolute Gasteiger partial charge is 0.259 e. The highest BCUT2D eigenvalue weighted by Gasteiger charge is 2.23. The molecule has 4 rings (SSSR count). The minimum atomic E-state index is -0.295. The number of nitrogens with one attached hydrogen (secondary N) is 2. The predicted octanol–water partition coefficient (Wildman–Crippen LogP) is 4.04. The largest absolute Gasteiger partial charge is 0.496 e. The Morgan fingerprint density at radius 1 is 0.842 bits per heavy atom. The van der Waals surface area contributed by atoms with Gasteiger partial charge in [0.1, 0.15) is 5.75 Å². The molecule has 1 aliphatic rings. The average Bonchev–Trinajstić information content (AvgIpc) is 2.96. The topological polar surface area (TPSA) is 83.1 Å². The molecule has 0 saturated carbocycles. The van der Waals surface area contributed by atoms with Crippen LogP contribution in [0.5, 0.6) is 5.75 Å². The summed E-state index contributed by atoms with van der Waals surface area (Å²) in [5.41, 5.74) is 3.68. The molecule has 38 heavy (non-hydrogen) atoms. The molecule has 1 fully saturated rings. The summed E-state index contributed by atoms with van der Waals surface area (Å²) in [6, 6.07) is 23.1. The van der Waals surface area contributed by atoms with Crippen LogP contribution in [0.3, 0.4) is 0 Å². The van der Waals surface area contributed by atoms with Gasteiger partial charge in [-0.1, -0.05) is 42.5 Å². The van der Waals surface area contributed by atoms with E-state index in [0.29, 0.717) is 35.7 Å². The molecule has 0 aliphatic carbocycles. The number of nitrogens with zero attached hydrogens (tertiary/aromatic N) is 2. The molecule has 2 N–H and O–H groups in total. The number of hydrogen-bond acceptors (Lipinski definition) is 6. The maximum atomic E-state index is 13.3. The number of para-hydroxylation sites is 1. The minimum Gasteiger partial charge on any atom is -0.496 e. The number of hydrogen-bond donors (Lipinski definition) is 2. The molecule has 200 valence electrons. The molecule has 3 aromatic carbocycles. The summed E-state index contributed by atoms with van der Waals surface area (Å²) in [6.07, 6.45) is 0.722. The second-order valence-corrected chi connectivity index (χ2v) is 9.24. The second kappa shape index (κ2) is 13.6. The molecule has 8 heteroatoms. The van der Waals surface area contributed by atoms with Crippen LogP contribution in [-0.2, 0) is 11.3 Å². The van der Waals surface area contributed by atoms with Crippen LogP contribution >= 0.6 is 0 Å². The summed E-state index contributed by atoms with van der Waals surface area (Å²) in [4.78, 5) is 30.9. The average molecular weight is 517 g/mol. The maximum Gasteiger partial charge on any atom is 0.259 e. The van der Waals surface area contributed by atoms with E-state index in [1.807, 2.05) is 24.3 Å². The highest BCUT2D eigenvalue weighted by atomic mass is 16.5. The van der Waals surface area contributed by atoms with E-state index in [4.69, 9.17) is 9.47 Å². The summed E-state index contributed by atoms with van der Waals surface area (Å²) in [5.74, 6) is 0.0264. The van der Waals surface area contributed by atoms with Gasteiger partial charge in [-0.2, -0.15) is 0 Å². The summed E-state index contributed by atoms with van der Waals surface area (Å²) >= 11 is 0. The molecule has 0 radical (unpaired) electrons. The zero-order valence-corrected chi connectivity index (χ0v) is 22.1. The third-order valence-corrected chi connectivity index (χ3v) is 6.62. The molecule has 0 bridgehead atoms. The van der Waals surface area contributed by atoms with Crippen LogP contribution in [0.2, 0.25) is 0 Å². The monoisotopic (exact) mass is 516 g/mol. The third-order valence-electron chi connectivity index (χ3n) is 6.62. The zero-order valence-electron chi connectivity index (χ0n) is 22.1. The molecule has 3 aromatic rings. The van der Waals surface area contributed by atoms with Crippen molar-refractivity contribution >= 4 is 23.2 Å². The SMILES string of the molecule is COCCCNC(=O)c1cc(NC(=O)c2ccccc2OC)ccc1N1CCN(Cc2ccccc2)CC1. The van der Waals surface area contributed by atoms with Crippen molar-refractivity contribution in [2.75, 3.05) is 63.8 Å². The van der Waals surface area contributed by atoms with E-state index in [9.17, 15) is 9.59 Å². The van der Waals surface area contributed by atoms with Gasteiger partial charge in [-0.15, -0.1) is 0 Å². The standard InChI is InChI=1S/C30H36N4O4/c1-37-20-8-15-31-29(35)26-21-24(32-30(36)25-11-6-7-12-28(25)38-2)13-14-27(26)34-18-16-33(17-19-34)22-23-9-4-3-5-10-23/h3-7,9-14,21H,8,15-20,22H2,1-2H3,(H,31,35)(H,32,36). The molecular weight excluding hydrogens is 480 g/mol. The number of piperazine rings is 1. The molecule has 0 aromatic heterocycles. The van der Waals surface area contributed by atoms with Crippen LogP contribution in [0.1, 0.15) is 32.7 Å². The van der Waals surface area contributed by atoms with Gasteiger partial charge in [-0.3, -0.25) is 14.5 Å². The fourth-order valence-corrected chi connectivity index (χ4v) is 4.60. The fourth-order valence-electron chi connectivity index (χ4n) is 4.60. The third kappa shape index (κ3) is 7.12. The predicted molar refractivity (Wildman–Crippen MR) is 150 cm³/mol. The molecule has 0 spiro atoms. The molecule has 0 unspecified atom stereocenters. The summed E-state index contributed by atoms with van der Waals surface area (Å²) < 4.78 is 10.4. The second-order valence-electron chi connectivity index (χ2n) is 9.24. The van der Waals surface area contributed by atoms with Gasteiger partial charge >= 0.3 is 0 Å². The van der Waals surface area contributed by atoms with Crippen LogP contribution in [0.15, 0.2) is 72.8 Å². The van der Waals surface area contributed by atoms with Crippen molar-refractivity contribution in [2.24, 2.45) is 0 Å². The van der Waals surface area contributed by atoms with Crippen molar-refractivity contribution < 1.29 is 19.1 Å². The molecule has 1 saturated heterocycles. The van der Waals surface area contributed by atoms with Crippen LogP contribution in [0, 0.1) is 0 Å². The lowest BCUT2D eigenvalue weighted by atomic mass is 10.1. The Balaban J connectivity index is 1.49. The molecule has 0 atom stereocenters. The highest BCUT2D eigenvalue weighted by molar-refractivity contribution is 6.07. The van der Waals surface area contributed by atoms with Crippen LogP contribution in [0.25, 0.3) is 0 Å². The quantitative estimate of drug-likeness (QED) is 0.375. The maximum absolute atomic E-state index is 13.3. The first-order chi connectivity index (χ1) is 18.6. The van der Waals surface area contributed by atoms with E-state index < -0.39 is 0 Å². The Bertz CT molecular complexity index is 1210. The van der Waals surface area contributed by atoms with E-state index in [1.165, 1.54) is 12.7 Å². The van der Waals surface area contributed by atoms with Crippen molar-refractivity contribution in [3.05, 3.63) is 89.5 Å². The van der Waals surface area contributed by atoms with Gasteiger partial charge in [-0.05, 0) is 42.3 Å². The normalized spacial score (nSPS) is 13.7. The van der Waals surface area contributed by atoms with E-state index in [0.717, 1.165) is 44.8 Å². The van der Waals surface area contributed by atoms with Crippen LogP contribution < -0.4 is 20.3 Å². The van der Waals surface area contributed by atoms with E-state index >= 15 is 0 Å². The lowest BCUT2D eigenvalue weighted by Crippen LogP contribution is -2.46. The Morgan fingerprint density at radius 3 is 2.32 bits per heavy atom. The Labute approximate surface area is 224 Å². The first kappa shape index (κ1) is 27.2. The van der Waals surface area contributed by atoms with Gasteiger partial charge in [0.25, 0.3) is 11.8 Å². The van der Waals surface area contributed by atoms with Gasteiger partial charge in [-0.25, -0.2) is 0 Å². The van der Waals surface area contributed by atoms with Gasteiger partial charge in [0.15, 0.2) is 0 Å². The first-order valence-electron chi connectivity index (χ1n) is 13.0. The van der Waals surface area contributed by atoms with Gasteiger partial charge in [0, 0.05) is 64.4 Å². The number of amides is 2. The van der Waals surface area contributed by atoms with Crippen LogP contribution in [0.4, 0.5) is 11.4 Å². The molecule has 2 amide bonds. The lowest BCUT2D eigenvalue weighted by molar-refractivity contribution is 0.0947. The van der Waals surface area contributed by atoms with Gasteiger partial charge in [0.2, 0.25) is 0 Å². The molecule has 1 heterocycles. The highest BCUT2D eigenvalue weighted by Crippen LogP contribution is 2.27. The van der Waals surface area contributed by atoms with Crippen LogP contribution in [-0.4, -0.2) is 70.3 Å². The van der Waals surface area contributed by atoms with Crippen molar-refractivity contribution in [3.63, 3.8) is 0 Å². The molecular formula is C30H36N4O4. The lowest BCUT2D eigenvalue weighted by Gasteiger charge is -2.37. The number of carbonyl (C=O) groups excluding carboxylic acids is 2. The Kier molecular flexibility index (Phi) is 9.72. The number of benzene rings is 3. The van der Waals surface area contributed by atoms with E-state index in [-0.39, 0.29) is 11.8 Å². The van der Waals surface area contributed by atoms with Crippen molar-refractivity contribution in [3.8, 4) is 5.75 Å². The number of anilines is 2. The van der Waals surface area contributed by atoms with Crippen molar-refractivity contribution in [2.45, 2.75) is 13.0 Å². The number of rotatable bonds is 11. The first-order valence-corrected chi connectivity index (χ1v) is 13.0. The van der Waals surface area contributed by atoms with Crippen molar-refractivity contribution in [1.82, 2.24) is 10.2 Å². The van der Waals surface area contributed by atoms with E-state index in [1.54, 1.807) is 31.4 Å². The molecule has 8 nitrogen and oxygen atoms in total. The van der Waals surface area contributed by atoms with Gasteiger partial charge < -0.3 is 25.0 Å². The Hall–Kier alpha value is -3.88. The van der Waals surface area contributed by atoms with Crippen molar-refractivity contribution in [1.29, 1.82) is 0 Å². The summed E-state index contributed by atoms with van der Waals surface area (Å²) in [7, 11) is 3.18.